The molecule has 5 nitrogen and oxygen atoms in total. The van der Waals surface area contributed by atoms with Crippen LogP contribution in [0.2, 0.25) is 0 Å². The molecule has 0 spiro atoms. The third kappa shape index (κ3) is 2.81. The maximum absolute atomic E-state index is 12.0. The van der Waals surface area contributed by atoms with Crippen LogP contribution >= 0.6 is 0 Å². The van der Waals surface area contributed by atoms with Crippen LogP contribution in [0.25, 0.3) is 0 Å². The van der Waals surface area contributed by atoms with Gasteiger partial charge >= 0.3 is 0 Å². The van der Waals surface area contributed by atoms with Crippen molar-refractivity contribution in [2.75, 3.05) is 13.1 Å². The van der Waals surface area contributed by atoms with Gasteiger partial charge in [0.1, 0.15) is 0 Å². The molecule has 1 fully saturated rings. The maximum atomic E-state index is 12.0. The first-order chi connectivity index (χ1) is 8.63. The molecule has 0 aliphatic carbocycles. The van der Waals surface area contributed by atoms with Gasteiger partial charge in [0, 0.05) is 13.1 Å². The zero-order valence-electron chi connectivity index (χ0n) is 9.91. The minimum absolute atomic E-state index is 0.0199. The van der Waals surface area contributed by atoms with Gasteiger partial charge in [0.25, 0.3) is 0 Å². The maximum Gasteiger partial charge on any atom is 0.240 e. The summed E-state index contributed by atoms with van der Waals surface area (Å²) in [7, 11) is -3.47. The second-order valence-corrected chi connectivity index (χ2v) is 6.02. The molecular weight excluding hydrogens is 250 g/mol. The fourth-order valence-electron chi connectivity index (χ4n) is 2.07. The molecule has 1 heterocycles. The second-order valence-electron chi connectivity index (χ2n) is 4.25. The van der Waals surface area contributed by atoms with Gasteiger partial charge in [-0.1, -0.05) is 18.2 Å². The predicted molar refractivity (Wildman–Crippen MR) is 67.0 cm³/mol. The summed E-state index contributed by atoms with van der Waals surface area (Å²) in [6, 6.07) is 8.23. The quantitative estimate of drug-likeness (QED) is 0.821. The average molecular weight is 265 g/mol. The van der Waals surface area contributed by atoms with Crippen molar-refractivity contribution in [2.45, 2.75) is 23.8 Å². The summed E-state index contributed by atoms with van der Waals surface area (Å²) in [6.07, 6.45) is 3.88. The van der Waals surface area contributed by atoms with Gasteiger partial charge in [-0.25, -0.2) is 13.1 Å². The molecule has 1 aromatic rings. The van der Waals surface area contributed by atoms with E-state index < -0.39 is 10.0 Å². The fraction of sp³-hybridized carbons (Fsp3) is 0.417. The highest BCUT2D eigenvalue weighted by atomic mass is 32.2. The number of nitriles is 1. The van der Waals surface area contributed by atoms with Gasteiger partial charge in [-0.05, 0) is 25.0 Å². The summed E-state index contributed by atoms with van der Waals surface area (Å²) in [5, 5.41) is 8.88. The standard InChI is InChI=1S/C12H15N3O2S/c13-10-15-8-4-5-11(15)9-14-18(16,17)12-6-2-1-3-7-12/h1-3,6-7,11,14H,4-5,8-9H2. The van der Waals surface area contributed by atoms with Crippen molar-refractivity contribution >= 4 is 10.0 Å². The molecule has 1 aliphatic rings. The van der Waals surface area contributed by atoms with E-state index in [2.05, 4.69) is 10.9 Å². The van der Waals surface area contributed by atoms with Crippen molar-refractivity contribution < 1.29 is 8.42 Å². The number of hydrogen-bond acceptors (Lipinski definition) is 4. The van der Waals surface area contributed by atoms with Crippen LogP contribution in [-0.2, 0) is 10.0 Å². The van der Waals surface area contributed by atoms with Crippen LogP contribution < -0.4 is 4.72 Å². The summed E-state index contributed by atoms with van der Waals surface area (Å²) in [5.74, 6) is 0. The van der Waals surface area contributed by atoms with Crippen LogP contribution in [0.1, 0.15) is 12.8 Å². The molecule has 1 atom stereocenters. The molecule has 0 amide bonds. The number of benzene rings is 1. The molecule has 1 aliphatic heterocycles. The Morgan fingerprint density at radius 2 is 2.11 bits per heavy atom. The highest BCUT2D eigenvalue weighted by Gasteiger charge is 2.25. The van der Waals surface area contributed by atoms with Crippen LogP contribution in [0.4, 0.5) is 0 Å². The van der Waals surface area contributed by atoms with Gasteiger partial charge in [0.15, 0.2) is 6.19 Å². The van der Waals surface area contributed by atoms with Crippen LogP contribution in [0.3, 0.4) is 0 Å². The summed E-state index contributed by atoms with van der Waals surface area (Å²) >= 11 is 0. The summed E-state index contributed by atoms with van der Waals surface area (Å²) in [5.41, 5.74) is 0. The van der Waals surface area contributed by atoms with Crippen LogP contribution in [-0.4, -0.2) is 32.4 Å². The molecule has 0 bridgehead atoms. The molecule has 6 heteroatoms. The van der Waals surface area contributed by atoms with Crippen molar-refractivity contribution in [3.63, 3.8) is 0 Å². The molecule has 18 heavy (non-hydrogen) atoms. The number of nitrogens with zero attached hydrogens (tertiary/aromatic N) is 2. The van der Waals surface area contributed by atoms with E-state index in [-0.39, 0.29) is 17.5 Å². The van der Waals surface area contributed by atoms with Gasteiger partial charge in [0.05, 0.1) is 10.9 Å². The Hall–Kier alpha value is -1.58. The number of nitrogens with one attached hydrogen (secondary N) is 1. The Balaban J connectivity index is 2.00. The minimum Gasteiger partial charge on any atom is -0.306 e. The predicted octanol–water partition coefficient (Wildman–Crippen LogP) is 0.910. The number of likely N-dealkylation sites (tertiary alicyclic amines) is 1. The average Bonchev–Trinajstić information content (AvgIpc) is 2.85. The largest absolute Gasteiger partial charge is 0.306 e. The third-order valence-electron chi connectivity index (χ3n) is 3.07. The fourth-order valence-corrected chi connectivity index (χ4v) is 3.16. The topological polar surface area (TPSA) is 73.2 Å². The molecule has 96 valence electrons. The van der Waals surface area contributed by atoms with Gasteiger partial charge in [-0.3, -0.25) is 0 Å². The molecule has 1 saturated heterocycles. The van der Waals surface area contributed by atoms with Gasteiger partial charge in [-0.2, -0.15) is 5.26 Å². The number of sulfonamides is 1. The molecule has 1 aromatic carbocycles. The van der Waals surface area contributed by atoms with Crippen molar-refractivity contribution in [1.82, 2.24) is 9.62 Å². The SMILES string of the molecule is N#CN1CCCC1CNS(=O)(=O)c1ccccc1. The van der Waals surface area contributed by atoms with Gasteiger partial charge < -0.3 is 4.90 Å². The molecule has 0 radical (unpaired) electrons. The summed E-state index contributed by atoms with van der Waals surface area (Å²) in [6.45, 7) is 0.999. The van der Waals surface area contributed by atoms with Crippen molar-refractivity contribution in [3.05, 3.63) is 30.3 Å². The van der Waals surface area contributed by atoms with Crippen LogP contribution in [0.5, 0.6) is 0 Å². The second kappa shape index (κ2) is 5.38. The lowest BCUT2D eigenvalue weighted by atomic mass is 10.2. The Bertz CT molecular complexity index is 536. The van der Waals surface area contributed by atoms with Gasteiger partial charge in [0.2, 0.25) is 10.0 Å². The summed E-state index contributed by atoms with van der Waals surface area (Å²) in [4.78, 5) is 1.89. The van der Waals surface area contributed by atoms with E-state index in [0.29, 0.717) is 6.54 Å². The van der Waals surface area contributed by atoms with Crippen molar-refractivity contribution in [3.8, 4) is 6.19 Å². The van der Waals surface area contributed by atoms with Gasteiger partial charge in [-0.15, -0.1) is 0 Å². The third-order valence-corrected chi connectivity index (χ3v) is 4.51. The van der Waals surface area contributed by atoms with Crippen molar-refractivity contribution in [2.24, 2.45) is 0 Å². The zero-order valence-corrected chi connectivity index (χ0v) is 10.7. The monoisotopic (exact) mass is 265 g/mol. The lowest BCUT2D eigenvalue weighted by molar-refractivity contribution is 0.362. The lowest BCUT2D eigenvalue weighted by Crippen LogP contribution is -2.37. The molecule has 0 saturated carbocycles. The van der Waals surface area contributed by atoms with E-state index in [1.807, 2.05) is 0 Å². The minimum atomic E-state index is -3.47. The Labute approximate surface area is 107 Å². The molecular formula is C12H15N3O2S. The van der Waals surface area contributed by atoms with E-state index in [1.54, 1.807) is 35.2 Å². The Kier molecular flexibility index (Phi) is 3.84. The smallest absolute Gasteiger partial charge is 0.240 e. The first kappa shape index (κ1) is 12.9. The Morgan fingerprint density at radius 1 is 1.39 bits per heavy atom. The Morgan fingerprint density at radius 3 is 2.78 bits per heavy atom. The molecule has 0 aromatic heterocycles. The van der Waals surface area contributed by atoms with E-state index in [1.165, 1.54) is 0 Å². The molecule has 1 N–H and O–H groups in total. The first-order valence-corrected chi connectivity index (χ1v) is 7.33. The highest BCUT2D eigenvalue weighted by Crippen LogP contribution is 2.16. The lowest BCUT2D eigenvalue weighted by Gasteiger charge is -2.18. The molecule has 2 rings (SSSR count). The number of rotatable bonds is 4. The van der Waals surface area contributed by atoms with E-state index in [4.69, 9.17) is 5.26 Å². The normalized spacial score (nSPS) is 19.7. The highest BCUT2D eigenvalue weighted by molar-refractivity contribution is 7.89. The first-order valence-electron chi connectivity index (χ1n) is 5.84. The van der Waals surface area contributed by atoms with Crippen molar-refractivity contribution in [1.29, 1.82) is 5.26 Å². The van der Waals surface area contributed by atoms with Crippen LogP contribution in [0.15, 0.2) is 35.2 Å². The zero-order chi connectivity index (χ0) is 13.0. The number of hydrogen-bond donors (Lipinski definition) is 1. The van der Waals surface area contributed by atoms with Crippen LogP contribution in [0, 0.1) is 11.5 Å². The van der Waals surface area contributed by atoms with E-state index in [0.717, 1.165) is 12.8 Å². The van der Waals surface area contributed by atoms with E-state index in [9.17, 15) is 8.42 Å². The molecule has 1 unspecified atom stereocenters. The van der Waals surface area contributed by atoms with E-state index >= 15 is 0 Å². The summed E-state index contributed by atoms with van der Waals surface area (Å²) < 4.78 is 26.5.